The van der Waals surface area contributed by atoms with E-state index in [4.69, 9.17) is 22.1 Å². The van der Waals surface area contributed by atoms with Gasteiger partial charge in [-0.3, -0.25) is 0 Å². The molecule has 112 valence electrons. The highest BCUT2D eigenvalue weighted by Gasteiger charge is 2.13. The van der Waals surface area contributed by atoms with Crippen LogP contribution in [0.5, 0.6) is 5.75 Å². The fourth-order valence-electron chi connectivity index (χ4n) is 2.34. The molecule has 1 unspecified atom stereocenters. The Morgan fingerprint density at radius 1 is 1.14 bits per heavy atom. The van der Waals surface area contributed by atoms with Crippen molar-refractivity contribution < 1.29 is 4.74 Å². The van der Waals surface area contributed by atoms with E-state index in [9.17, 15) is 0 Å². The van der Waals surface area contributed by atoms with E-state index in [0.29, 0.717) is 6.54 Å². The Balaban J connectivity index is 2.15. The van der Waals surface area contributed by atoms with E-state index in [1.54, 1.807) is 0 Å². The number of rotatable bonds is 7. The average molecular weight is 304 g/mol. The van der Waals surface area contributed by atoms with Gasteiger partial charge in [-0.05, 0) is 48.7 Å². The second-order valence-electron chi connectivity index (χ2n) is 5.15. The van der Waals surface area contributed by atoms with Gasteiger partial charge < -0.3 is 10.5 Å². The number of benzene rings is 2. The highest BCUT2D eigenvalue weighted by atomic mass is 35.5. The molecule has 3 heteroatoms. The first-order chi connectivity index (χ1) is 10.2. The molecule has 2 nitrogen and oxygen atoms in total. The number of nitrogens with two attached hydrogens (primary N) is 1. The lowest BCUT2D eigenvalue weighted by Gasteiger charge is -2.17. The van der Waals surface area contributed by atoms with Gasteiger partial charge in [-0.25, -0.2) is 0 Å². The molecule has 0 fully saturated rings. The molecule has 0 heterocycles. The van der Waals surface area contributed by atoms with E-state index in [0.717, 1.165) is 35.8 Å². The van der Waals surface area contributed by atoms with Crippen molar-refractivity contribution in [3.8, 4) is 5.75 Å². The Morgan fingerprint density at radius 2 is 1.95 bits per heavy atom. The summed E-state index contributed by atoms with van der Waals surface area (Å²) in [6.07, 6.45) is 1.84. The molecule has 0 aliphatic heterocycles. The molecule has 1 atom stereocenters. The molecule has 0 spiro atoms. The summed E-state index contributed by atoms with van der Waals surface area (Å²) in [5, 5.41) is 0.800. The normalized spacial score (nSPS) is 12.1. The topological polar surface area (TPSA) is 35.2 Å². The van der Waals surface area contributed by atoms with Crippen LogP contribution in [0.1, 0.15) is 30.4 Å². The zero-order valence-corrected chi connectivity index (χ0v) is 13.1. The van der Waals surface area contributed by atoms with Gasteiger partial charge in [-0.1, -0.05) is 48.9 Å². The summed E-state index contributed by atoms with van der Waals surface area (Å²) in [7, 11) is 0. The van der Waals surface area contributed by atoms with Crippen LogP contribution in [-0.2, 0) is 6.42 Å². The molecule has 2 aromatic rings. The van der Waals surface area contributed by atoms with Crippen molar-refractivity contribution in [3.05, 3.63) is 64.7 Å². The van der Waals surface area contributed by atoms with Crippen LogP contribution in [0, 0.1) is 0 Å². The van der Waals surface area contributed by atoms with E-state index in [-0.39, 0.29) is 5.92 Å². The van der Waals surface area contributed by atoms with Crippen molar-refractivity contribution in [1.82, 2.24) is 0 Å². The SMILES string of the molecule is CCCOc1cccc(C(CN)Cc2ccccc2Cl)c1. The summed E-state index contributed by atoms with van der Waals surface area (Å²) in [5.41, 5.74) is 8.30. The van der Waals surface area contributed by atoms with Crippen LogP contribution >= 0.6 is 11.6 Å². The fourth-order valence-corrected chi connectivity index (χ4v) is 2.56. The van der Waals surface area contributed by atoms with Gasteiger partial charge in [0.25, 0.3) is 0 Å². The van der Waals surface area contributed by atoms with Gasteiger partial charge in [0.15, 0.2) is 0 Å². The minimum Gasteiger partial charge on any atom is -0.494 e. The second kappa shape index (κ2) is 8.06. The lowest BCUT2D eigenvalue weighted by molar-refractivity contribution is 0.317. The molecule has 2 rings (SSSR count). The van der Waals surface area contributed by atoms with Crippen molar-refractivity contribution in [2.75, 3.05) is 13.2 Å². The highest BCUT2D eigenvalue weighted by Crippen LogP contribution is 2.26. The van der Waals surface area contributed by atoms with Gasteiger partial charge in [0.2, 0.25) is 0 Å². The predicted octanol–water partition coefficient (Wildman–Crippen LogP) is 4.41. The monoisotopic (exact) mass is 303 g/mol. The molecule has 0 aliphatic carbocycles. The van der Waals surface area contributed by atoms with Gasteiger partial charge in [-0.15, -0.1) is 0 Å². The largest absolute Gasteiger partial charge is 0.494 e. The minimum absolute atomic E-state index is 0.245. The Labute approximate surface area is 131 Å². The highest BCUT2D eigenvalue weighted by molar-refractivity contribution is 6.31. The van der Waals surface area contributed by atoms with Gasteiger partial charge in [-0.2, -0.15) is 0 Å². The average Bonchev–Trinajstić information content (AvgIpc) is 2.52. The quantitative estimate of drug-likeness (QED) is 0.822. The predicted molar refractivity (Wildman–Crippen MR) is 89.2 cm³/mol. The van der Waals surface area contributed by atoms with Gasteiger partial charge in [0, 0.05) is 10.9 Å². The van der Waals surface area contributed by atoms with Crippen molar-refractivity contribution in [2.24, 2.45) is 5.73 Å². The molecule has 21 heavy (non-hydrogen) atoms. The standard InChI is InChI=1S/C18H22ClNO/c1-2-10-21-17-8-5-7-14(12-17)16(13-20)11-15-6-3-4-9-18(15)19/h3-9,12,16H,2,10-11,13,20H2,1H3. The van der Waals surface area contributed by atoms with Crippen LogP contribution in [0.2, 0.25) is 5.02 Å². The fraction of sp³-hybridized carbons (Fsp3) is 0.333. The molecule has 0 amide bonds. The van der Waals surface area contributed by atoms with Crippen LogP contribution < -0.4 is 10.5 Å². The summed E-state index contributed by atoms with van der Waals surface area (Å²) in [5.74, 6) is 1.15. The third kappa shape index (κ3) is 4.48. The number of hydrogen-bond acceptors (Lipinski definition) is 2. The van der Waals surface area contributed by atoms with Crippen LogP contribution in [0.3, 0.4) is 0 Å². The molecule has 0 aliphatic rings. The lowest BCUT2D eigenvalue weighted by Crippen LogP contribution is -2.15. The van der Waals surface area contributed by atoms with E-state index in [1.165, 1.54) is 5.56 Å². The number of ether oxygens (including phenoxy) is 1. The summed E-state index contributed by atoms with van der Waals surface area (Å²) in [4.78, 5) is 0. The van der Waals surface area contributed by atoms with E-state index >= 15 is 0 Å². The molecule has 2 N–H and O–H groups in total. The van der Waals surface area contributed by atoms with Crippen molar-refractivity contribution in [3.63, 3.8) is 0 Å². The van der Waals surface area contributed by atoms with Crippen LogP contribution in [0.25, 0.3) is 0 Å². The maximum absolute atomic E-state index is 6.25. The first-order valence-corrected chi connectivity index (χ1v) is 7.78. The van der Waals surface area contributed by atoms with Gasteiger partial charge >= 0.3 is 0 Å². The minimum atomic E-state index is 0.245. The molecule has 2 aromatic carbocycles. The maximum Gasteiger partial charge on any atom is 0.119 e. The van der Waals surface area contributed by atoms with E-state index in [2.05, 4.69) is 25.1 Å². The molecule has 0 saturated heterocycles. The lowest BCUT2D eigenvalue weighted by atomic mass is 9.92. The van der Waals surface area contributed by atoms with Crippen LogP contribution in [0.15, 0.2) is 48.5 Å². The second-order valence-corrected chi connectivity index (χ2v) is 5.56. The van der Waals surface area contributed by atoms with Crippen LogP contribution in [-0.4, -0.2) is 13.2 Å². The van der Waals surface area contributed by atoms with Gasteiger partial charge in [0.1, 0.15) is 5.75 Å². The Hall–Kier alpha value is -1.51. The summed E-state index contributed by atoms with van der Waals surface area (Å²) in [6.45, 7) is 3.42. The third-order valence-electron chi connectivity index (χ3n) is 3.51. The van der Waals surface area contributed by atoms with Crippen LogP contribution in [0.4, 0.5) is 0 Å². The first-order valence-electron chi connectivity index (χ1n) is 7.40. The van der Waals surface area contributed by atoms with Crippen molar-refractivity contribution >= 4 is 11.6 Å². The molecule has 0 aromatic heterocycles. The summed E-state index contributed by atoms with van der Waals surface area (Å²) in [6, 6.07) is 16.1. The zero-order valence-electron chi connectivity index (χ0n) is 12.4. The van der Waals surface area contributed by atoms with E-state index < -0.39 is 0 Å². The molecule has 0 radical (unpaired) electrons. The van der Waals surface area contributed by atoms with Gasteiger partial charge in [0.05, 0.1) is 6.61 Å². The van der Waals surface area contributed by atoms with Crippen molar-refractivity contribution in [1.29, 1.82) is 0 Å². The molecular formula is C18H22ClNO. The Bertz CT molecular complexity index is 571. The summed E-state index contributed by atoms with van der Waals surface area (Å²) >= 11 is 6.25. The molecular weight excluding hydrogens is 282 g/mol. The van der Waals surface area contributed by atoms with Crippen molar-refractivity contribution in [2.45, 2.75) is 25.7 Å². The summed E-state index contributed by atoms with van der Waals surface area (Å²) < 4.78 is 5.70. The Kier molecular flexibility index (Phi) is 6.09. The maximum atomic E-state index is 6.25. The smallest absolute Gasteiger partial charge is 0.119 e. The number of hydrogen-bond donors (Lipinski definition) is 1. The number of halogens is 1. The van der Waals surface area contributed by atoms with E-state index in [1.807, 2.05) is 30.3 Å². The third-order valence-corrected chi connectivity index (χ3v) is 3.88. The Morgan fingerprint density at radius 3 is 2.67 bits per heavy atom. The molecule has 0 saturated carbocycles. The first kappa shape index (κ1) is 15.9. The zero-order chi connectivity index (χ0) is 15.1. The molecule has 0 bridgehead atoms.